The maximum Gasteiger partial charge on any atom is 0.0559 e. The topological polar surface area (TPSA) is 30.9 Å². The number of aromatic nitrogens is 1. The summed E-state index contributed by atoms with van der Waals surface area (Å²) in [6, 6.07) is 4.54. The average molecular weight is 246 g/mol. The van der Waals surface area contributed by atoms with Crippen LogP contribution in [0.15, 0.2) is 29.1 Å². The van der Waals surface area contributed by atoms with Crippen molar-refractivity contribution >= 4 is 11.3 Å². The highest BCUT2D eigenvalue weighted by Crippen LogP contribution is 2.40. The SMILES string of the molecule is CC1(C)Cc2c(ccn2-c2ccsc2)C(N)C1. The Morgan fingerprint density at radius 1 is 1.41 bits per heavy atom. The molecule has 2 heterocycles. The van der Waals surface area contributed by atoms with Crippen molar-refractivity contribution in [2.75, 3.05) is 0 Å². The lowest BCUT2D eigenvalue weighted by atomic mass is 9.74. The van der Waals surface area contributed by atoms with Gasteiger partial charge < -0.3 is 10.3 Å². The molecule has 17 heavy (non-hydrogen) atoms. The third-order valence-electron chi connectivity index (χ3n) is 3.63. The van der Waals surface area contributed by atoms with E-state index in [1.54, 1.807) is 11.3 Å². The van der Waals surface area contributed by atoms with Gasteiger partial charge in [-0.2, -0.15) is 11.3 Å². The van der Waals surface area contributed by atoms with Gasteiger partial charge in [0, 0.05) is 23.3 Å². The molecular formula is C14H18N2S. The van der Waals surface area contributed by atoms with Crippen molar-refractivity contribution in [3.63, 3.8) is 0 Å². The van der Waals surface area contributed by atoms with Crippen LogP contribution in [0, 0.1) is 5.41 Å². The Kier molecular flexibility index (Phi) is 2.42. The van der Waals surface area contributed by atoms with E-state index < -0.39 is 0 Å². The molecule has 0 aliphatic heterocycles. The third kappa shape index (κ3) is 1.83. The second-order valence-corrected chi connectivity index (χ2v) is 6.50. The molecule has 0 saturated heterocycles. The normalized spacial score (nSPS) is 22.4. The van der Waals surface area contributed by atoms with Crippen molar-refractivity contribution in [1.29, 1.82) is 0 Å². The number of thiophene rings is 1. The Morgan fingerprint density at radius 3 is 2.94 bits per heavy atom. The van der Waals surface area contributed by atoms with Crippen LogP contribution in [0.1, 0.15) is 37.6 Å². The Hall–Kier alpha value is -1.06. The number of rotatable bonds is 1. The number of fused-ring (bicyclic) bond motifs is 1. The molecule has 0 radical (unpaired) electrons. The van der Waals surface area contributed by atoms with E-state index in [9.17, 15) is 0 Å². The minimum Gasteiger partial charge on any atom is -0.324 e. The lowest BCUT2D eigenvalue weighted by molar-refractivity contribution is 0.278. The van der Waals surface area contributed by atoms with E-state index in [2.05, 4.69) is 47.5 Å². The molecule has 3 rings (SSSR count). The molecule has 2 N–H and O–H groups in total. The predicted molar refractivity (Wildman–Crippen MR) is 72.7 cm³/mol. The summed E-state index contributed by atoms with van der Waals surface area (Å²) in [5.74, 6) is 0. The molecular weight excluding hydrogens is 228 g/mol. The van der Waals surface area contributed by atoms with Crippen molar-refractivity contribution in [3.05, 3.63) is 40.3 Å². The maximum absolute atomic E-state index is 6.28. The zero-order valence-electron chi connectivity index (χ0n) is 10.3. The summed E-state index contributed by atoms with van der Waals surface area (Å²) >= 11 is 1.74. The first-order valence-corrected chi connectivity index (χ1v) is 6.99. The van der Waals surface area contributed by atoms with Crippen LogP contribution in [0.5, 0.6) is 0 Å². The monoisotopic (exact) mass is 246 g/mol. The highest BCUT2D eigenvalue weighted by molar-refractivity contribution is 7.08. The molecule has 0 amide bonds. The highest BCUT2D eigenvalue weighted by atomic mass is 32.1. The van der Waals surface area contributed by atoms with Crippen molar-refractivity contribution in [2.24, 2.45) is 11.1 Å². The van der Waals surface area contributed by atoms with Crippen LogP contribution in [0.4, 0.5) is 0 Å². The Labute approximate surface area is 106 Å². The average Bonchev–Trinajstić information content (AvgIpc) is 2.82. The maximum atomic E-state index is 6.28. The first-order chi connectivity index (χ1) is 8.07. The van der Waals surface area contributed by atoms with Gasteiger partial charge in [0.15, 0.2) is 0 Å². The number of hydrogen-bond donors (Lipinski definition) is 1. The fourth-order valence-corrected chi connectivity index (χ4v) is 3.50. The van der Waals surface area contributed by atoms with Crippen LogP contribution in [-0.2, 0) is 6.42 Å². The number of nitrogens with two attached hydrogens (primary N) is 1. The molecule has 2 nitrogen and oxygen atoms in total. The summed E-state index contributed by atoms with van der Waals surface area (Å²) in [5.41, 5.74) is 10.6. The molecule has 1 aliphatic carbocycles. The van der Waals surface area contributed by atoms with E-state index in [1.807, 2.05) is 0 Å². The van der Waals surface area contributed by atoms with Gasteiger partial charge in [-0.1, -0.05) is 13.8 Å². The Balaban J connectivity index is 2.11. The van der Waals surface area contributed by atoms with Gasteiger partial charge in [0.1, 0.15) is 0 Å². The molecule has 0 aromatic carbocycles. The Morgan fingerprint density at radius 2 is 2.24 bits per heavy atom. The fourth-order valence-electron chi connectivity index (χ4n) is 2.87. The fraction of sp³-hybridized carbons (Fsp3) is 0.429. The van der Waals surface area contributed by atoms with E-state index in [0.29, 0.717) is 5.41 Å². The zero-order chi connectivity index (χ0) is 12.0. The molecule has 1 unspecified atom stereocenters. The molecule has 2 aromatic heterocycles. The van der Waals surface area contributed by atoms with Gasteiger partial charge in [0.25, 0.3) is 0 Å². The summed E-state index contributed by atoms with van der Waals surface area (Å²) < 4.78 is 2.30. The van der Waals surface area contributed by atoms with Crippen molar-refractivity contribution in [3.8, 4) is 5.69 Å². The minimum absolute atomic E-state index is 0.189. The van der Waals surface area contributed by atoms with Gasteiger partial charge in [0.2, 0.25) is 0 Å². The first kappa shape index (κ1) is 11.1. The second kappa shape index (κ2) is 3.72. The molecule has 0 spiro atoms. The third-order valence-corrected chi connectivity index (χ3v) is 4.30. The van der Waals surface area contributed by atoms with Gasteiger partial charge in [-0.3, -0.25) is 0 Å². The molecule has 0 fully saturated rings. The summed E-state index contributed by atoms with van der Waals surface area (Å²) in [7, 11) is 0. The summed E-state index contributed by atoms with van der Waals surface area (Å²) in [5, 5.41) is 4.31. The lowest BCUT2D eigenvalue weighted by Gasteiger charge is -2.34. The van der Waals surface area contributed by atoms with Crippen molar-refractivity contribution in [2.45, 2.75) is 32.7 Å². The standard InChI is InChI=1S/C14H18N2S/c1-14(2)7-12(15)11-3-5-16(13(11)8-14)10-4-6-17-9-10/h3-6,9,12H,7-8,15H2,1-2H3. The molecule has 0 saturated carbocycles. The molecule has 1 atom stereocenters. The van der Waals surface area contributed by atoms with E-state index in [4.69, 9.17) is 5.73 Å². The first-order valence-electron chi connectivity index (χ1n) is 6.05. The Bertz CT molecular complexity index is 522. The van der Waals surface area contributed by atoms with Crippen LogP contribution in [0.25, 0.3) is 5.69 Å². The molecule has 90 valence electrons. The van der Waals surface area contributed by atoms with Gasteiger partial charge in [-0.25, -0.2) is 0 Å². The van der Waals surface area contributed by atoms with Crippen LogP contribution in [0.3, 0.4) is 0 Å². The summed E-state index contributed by atoms with van der Waals surface area (Å²) in [6.45, 7) is 4.61. The van der Waals surface area contributed by atoms with Gasteiger partial charge in [-0.05, 0) is 41.3 Å². The molecule has 0 bridgehead atoms. The highest BCUT2D eigenvalue weighted by Gasteiger charge is 2.32. The molecule has 1 aliphatic rings. The van der Waals surface area contributed by atoms with Gasteiger partial charge in [0.05, 0.1) is 5.69 Å². The largest absolute Gasteiger partial charge is 0.324 e. The molecule has 2 aromatic rings. The predicted octanol–water partition coefficient (Wildman–Crippen LogP) is 3.51. The van der Waals surface area contributed by atoms with Crippen LogP contribution >= 0.6 is 11.3 Å². The minimum atomic E-state index is 0.189. The summed E-state index contributed by atoms with van der Waals surface area (Å²) in [6.07, 6.45) is 4.35. The van der Waals surface area contributed by atoms with Crippen molar-refractivity contribution in [1.82, 2.24) is 4.57 Å². The second-order valence-electron chi connectivity index (χ2n) is 5.72. The molecule has 3 heteroatoms. The zero-order valence-corrected chi connectivity index (χ0v) is 11.1. The summed E-state index contributed by atoms with van der Waals surface area (Å²) in [4.78, 5) is 0. The van der Waals surface area contributed by atoms with Crippen LogP contribution in [-0.4, -0.2) is 4.57 Å². The van der Waals surface area contributed by atoms with Gasteiger partial charge in [-0.15, -0.1) is 0 Å². The van der Waals surface area contributed by atoms with Crippen LogP contribution < -0.4 is 5.73 Å². The van der Waals surface area contributed by atoms with Gasteiger partial charge >= 0.3 is 0 Å². The quantitative estimate of drug-likeness (QED) is 0.820. The smallest absolute Gasteiger partial charge is 0.0559 e. The number of nitrogens with zero attached hydrogens (tertiary/aromatic N) is 1. The van der Waals surface area contributed by atoms with E-state index in [1.165, 1.54) is 16.9 Å². The van der Waals surface area contributed by atoms with Crippen LogP contribution in [0.2, 0.25) is 0 Å². The van der Waals surface area contributed by atoms with E-state index >= 15 is 0 Å². The van der Waals surface area contributed by atoms with E-state index in [0.717, 1.165) is 12.8 Å². The lowest BCUT2D eigenvalue weighted by Crippen LogP contribution is -2.30. The number of hydrogen-bond acceptors (Lipinski definition) is 2. The van der Waals surface area contributed by atoms with E-state index in [-0.39, 0.29) is 6.04 Å². The van der Waals surface area contributed by atoms with Crippen molar-refractivity contribution < 1.29 is 0 Å².